The molecule has 0 radical (unpaired) electrons. The van der Waals surface area contributed by atoms with Crippen molar-refractivity contribution in [3.63, 3.8) is 0 Å². The van der Waals surface area contributed by atoms with Crippen LogP contribution >= 0.6 is 0 Å². The van der Waals surface area contributed by atoms with Gasteiger partial charge in [0, 0.05) is 19.3 Å². The largest absolute Gasteiger partial charge is 0.465 e. The molecule has 0 rings (SSSR count). The lowest BCUT2D eigenvalue weighted by molar-refractivity contribution is -0.143. The van der Waals surface area contributed by atoms with Crippen LogP contribution in [0.4, 0.5) is 0 Å². The number of hydrogen-bond donors (Lipinski definition) is 0. The van der Waals surface area contributed by atoms with Crippen molar-refractivity contribution in [2.75, 3.05) is 6.61 Å². The standard InChI is InChI=1S/C16H28O3/c1-3-5-6-10-14-19-16(18)13-9-7-8-12-15(17)11-4-2/h5-6H,3-4,7-14H2,1-2H3/b6-5+. The fourth-order valence-corrected chi connectivity index (χ4v) is 1.77. The quantitative estimate of drug-likeness (QED) is 0.302. The second kappa shape index (κ2) is 13.3. The summed E-state index contributed by atoms with van der Waals surface area (Å²) in [6, 6.07) is 0. The molecule has 0 N–H and O–H groups in total. The highest BCUT2D eigenvalue weighted by atomic mass is 16.5. The van der Waals surface area contributed by atoms with E-state index in [0.717, 1.165) is 38.5 Å². The van der Waals surface area contributed by atoms with Crippen molar-refractivity contribution in [3.05, 3.63) is 12.2 Å². The molecule has 0 bridgehead atoms. The van der Waals surface area contributed by atoms with Crippen LogP contribution in [-0.4, -0.2) is 18.4 Å². The average Bonchev–Trinajstić information content (AvgIpc) is 2.38. The molecule has 3 heteroatoms. The number of rotatable bonds is 12. The van der Waals surface area contributed by atoms with Crippen molar-refractivity contribution in [3.8, 4) is 0 Å². The molecule has 0 aromatic rings. The Balaban J connectivity index is 3.34. The van der Waals surface area contributed by atoms with Crippen LogP contribution in [0.1, 0.15) is 71.6 Å². The van der Waals surface area contributed by atoms with E-state index in [0.29, 0.717) is 31.7 Å². The molecule has 110 valence electrons. The first-order valence-electron chi connectivity index (χ1n) is 7.53. The van der Waals surface area contributed by atoms with Crippen LogP contribution in [0.15, 0.2) is 12.2 Å². The Morgan fingerprint density at radius 1 is 0.947 bits per heavy atom. The molecule has 0 aromatic heterocycles. The molecule has 0 atom stereocenters. The maximum atomic E-state index is 11.4. The number of hydrogen-bond acceptors (Lipinski definition) is 3. The van der Waals surface area contributed by atoms with E-state index < -0.39 is 0 Å². The van der Waals surface area contributed by atoms with Crippen LogP contribution in [0, 0.1) is 0 Å². The second-order valence-corrected chi connectivity index (χ2v) is 4.74. The number of unbranched alkanes of at least 4 members (excludes halogenated alkanes) is 2. The molecule has 0 aliphatic rings. The first-order valence-corrected chi connectivity index (χ1v) is 7.53. The van der Waals surface area contributed by atoms with Crippen LogP contribution in [0.3, 0.4) is 0 Å². The Bertz CT molecular complexity index is 269. The summed E-state index contributed by atoms with van der Waals surface area (Å²) >= 11 is 0. The lowest BCUT2D eigenvalue weighted by Gasteiger charge is -2.03. The van der Waals surface area contributed by atoms with Gasteiger partial charge in [-0.05, 0) is 32.1 Å². The number of esters is 1. The highest BCUT2D eigenvalue weighted by molar-refractivity contribution is 5.78. The Labute approximate surface area is 117 Å². The molecule has 0 spiro atoms. The van der Waals surface area contributed by atoms with Crippen LogP contribution in [0.2, 0.25) is 0 Å². The fourth-order valence-electron chi connectivity index (χ4n) is 1.77. The molecule has 0 heterocycles. The lowest BCUT2D eigenvalue weighted by atomic mass is 10.1. The summed E-state index contributed by atoms with van der Waals surface area (Å²) in [5.74, 6) is 0.220. The maximum absolute atomic E-state index is 11.4. The van der Waals surface area contributed by atoms with Gasteiger partial charge in [-0.25, -0.2) is 0 Å². The third kappa shape index (κ3) is 13.1. The van der Waals surface area contributed by atoms with E-state index in [9.17, 15) is 9.59 Å². The monoisotopic (exact) mass is 268 g/mol. The smallest absolute Gasteiger partial charge is 0.305 e. The summed E-state index contributed by atoms with van der Waals surface area (Å²) < 4.78 is 5.10. The van der Waals surface area contributed by atoms with Gasteiger partial charge in [0.25, 0.3) is 0 Å². The number of ether oxygens (including phenoxy) is 1. The fraction of sp³-hybridized carbons (Fsp3) is 0.750. The van der Waals surface area contributed by atoms with E-state index in [1.54, 1.807) is 0 Å². The average molecular weight is 268 g/mol. The molecule has 3 nitrogen and oxygen atoms in total. The van der Waals surface area contributed by atoms with Gasteiger partial charge in [-0.3, -0.25) is 9.59 Å². The molecular formula is C16H28O3. The van der Waals surface area contributed by atoms with Gasteiger partial charge >= 0.3 is 5.97 Å². The first kappa shape index (κ1) is 17.9. The van der Waals surface area contributed by atoms with E-state index >= 15 is 0 Å². The van der Waals surface area contributed by atoms with Crippen molar-refractivity contribution in [1.82, 2.24) is 0 Å². The summed E-state index contributed by atoms with van der Waals surface area (Å²) in [7, 11) is 0. The van der Waals surface area contributed by atoms with E-state index in [1.165, 1.54) is 0 Å². The normalized spacial score (nSPS) is 10.8. The number of Topliss-reactive ketones (excluding diaryl/α,β-unsaturated/α-hetero) is 1. The maximum Gasteiger partial charge on any atom is 0.305 e. The predicted molar refractivity (Wildman–Crippen MR) is 78.0 cm³/mol. The summed E-state index contributed by atoms with van der Waals surface area (Å²) in [6.07, 6.45) is 11.3. The van der Waals surface area contributed by atoms with Crippen LogP contribution in [-0.2, 0) is 14.3 Å². The number of allylic oxidation sites excluding steroid dienone is 1. The van der Waals surface area contributed by atoms with Crippen LogP contribution < -0.4 is 0 Å². The highest BCUT2D eigenvalue weighted by Crippen LogP contribution is 2.06. The van der Waals surface area contributed by atoms with Gasteiger partial charge in [-0.1, -0.05) is 32.4 Å². The molecule has 0 amide bonds. The van der Waals surface area contributed by atoms with Crippen LogP contribution in [0.5, 0.6) is 0 Å². The zero-order chi connectivity index (χ0) is 14.3. The molecule has 0 aliphatic carbocycles. The van der Waals surface area contributed by atoms with Gasteiger partial charge in [0.15, 0.2) is 0 Å². The summed E-state index contributed by atoms with van der Waals surface area (Å²) in [5.41, 5.74) is 0. The molecule has 0 aromatic carbocycles. The highest BCUT2D eigenvalue weighted by Gasteiger charge is 2.03. The van der Waals surface area contributed by atoms with Crippen molar-refractivity contribution < 1.29 is 14.3 Å². The van der Waals surface area contributed by atoms with Crippen molar-refractivity contribution in [2.24, 2.45) is 0 Å². The van der Waals surface area contributed by atoms with Gasteiger partial charge in [0.2, 0.25) is 0 Å². The Kier molecular flexibility index (Phi) is 12.5. The van der Waals surface area contributed by atoms with Gasteiger partial charge in [-0.15, -0.1) is 0 Å². The topological polar surface area (TPSA) is 43.4 Å². The van der Waals surface area contributed by atoms with Gasteiger partial charge in [0.1, 0.15) is 5.78 Å². The zero-order valence-corrected chi connectivity index (χ0v) is 12.5. The van der Waals surface area contributed by atoms with E-state index in [4.69, 9.17) is 4.74 Å². The van der Waals surface area contributed by atoms with Crippen molar-refractivity contribution in [1.29, 1.82) is 0 Å². The van der Waals surface area contributed by atoms with E-state index in [2.05, 4.69) is 13.0 Å². The molecule has 19 heavy (non-hydrogen) atoms. The first-order chi connectivity index (χ1) is 9.20. The van der Waals surface area contributed by atoms with Crippen molar-refractivity contribution in [2.45, 2.75) is 71.6 Å². The van der Waals surface area contributed by atoms with Gasteiger partial charge in [0.05, 0.1) is 6.61 Å². The van der Waals surface area contributed by atoms with E-state index in [1.807, 2.05) is 13.0 Å². The molecule has 0 fully saturated rings. The minimum atomic E-state index is -0.121. The molecular weight excluding hydrogens is 240 g/mol. The van der Waals surface area contributed by atoms with E-state index in [-0.39, 0.29) is 5.97 Å². The summed E-state index contributed by atoms with van der Waals surface area (Å²) in [6.45, 7) is 4.57. The Morgan fingerprint density at radius 3 is 2.37 bits per heavy atom. The van der Waals surface area contributed by atoms with Crippen molar-refractivity contribution >= 4 is 11.8 Å². The zero-order valence-electron chi connectivity index (χ0n) is 12.5. The SMILES string of the molecule is CC/C=C/CCOC(=O)CCCCCC(=O)CCC. The lowest BCUT2D eigenvalue weighted by Crippen LogP contribution is -2.05. The molecule has 0 saturated carbocycles. The Morgan fingerprint density at radius 2 is 1.68 bits per heavy atom. The number of ketones is 1. The second-order valence-electron chi connectivity index (χ2n) is 4.74. The minimum absolute atomic E-state index is 0.121. The number of carbonyl (C=O) groups is 2. The number of carbonyl (C=O) groups excluding carboxylic acids is 2. The molecule has 0 aliphatic heterocycles. The van der Waals surface area contributed by atoms with Gasteiger partial charge in [-0.2, -0.15) is 0 Å². The summed E-state index contributed by atoms with van der Waals surface area (Å²) in [4.78, 5) is 22.6. The van der Waals surface area contributed by atoms with Gasteiger partial charge < -0.3 is 4.74 Å². The predicted octanol–water partition coefficient (Wildman–Crippen LogP) is 4.21. The summed E-state index contributed by atoms with van der Waals surface area (Å²) in [5, 5.41) is 0. The Hall–Kier alpha value is -1.12. The van der Waals surface area contributed by atoms with Crippen LogP contribution in [0.25, 0.3) is 0 Å². The minimum Gasteiger partial charge on any atom is -0.465 e. The molecule has 0 saturated heterocycles. The third-order valence-electron chi connectivity index (χ3n) is 2.82. The third-order valence-corrected chi connectivity index (χ3v) is 2.82. The molecule has 0 unspecified atom stereocenters.